The lowest BCUT2D eigenvalue weighted by atomic mass is 9.89. The van der Waals surface area contributed by atoms with E-state index in [0.717, 1.165) is 37.8 Å². The van der Waals surface area contributed by atoms with Crippen LogP contribution in [0.15, 0.2) is 30.6 Å². The van der Waals surface area contributed by atoms with Gasteiger partial charge in [0.05, 0.1) is 11.9 Å². The van der Waals surface area contributed by atoms with Crippen molar-refractivity contribution in [2.24, 2.45) is 0 Å². The fourth-order valence-electron chi connectivity index (χ4n) is 5.51. The van der Waals surface area contributed by atoms with E-state index < -0.39 is 33.3 Å². The summed E-state index contributed by atoms with van der Waals surface area (Å²) in [6.45, 7) is 4.05. The minimum atomic E-state index is -4.74. The Bertz CT molecular complexity index is 1510. The first-order valence-corrected chi connectivity index (χ1v) is 15.3. The van der Waals surface area contributed by atoms with E-state index in [0.29, 0.717) is 24.9 Å². The molecule has 2 aliphatic rings. The second-order valence-electron chi connectivity index (χ2n) is 10.9. The number of nitrogens with zero attached hydrogens (tertiary/aromatic N) is 6. The summed E-state index contributed by atoms with van der Waals surface area (Å²) in [4.78, 5) is 14.6. The van der Waals surface area contributed by atoms with Crippen molar-refractivity contribution in [2.45, 2.75) is 50.7 Å². The molecule has 1 aromatic carbocycles. The molecule has 0 amide bonds. The Labute approximate surface area is 236 Å². The second-order valence-corrected chi connectivity index (χ2v) is 12.8. The molecule has 0 unspecified atom stereocenters. The fraction of sp³-hybridized carbons (Fsp3) is 0.519. The van der Waals surface area contributed by atoms with E-state index in [-0.39, 0.29) is 42.4 Å². The number of hydrogen-bond donors (Lipinski definition) is 1. The number of imidazole rings is 1. The van der Waals surface area contributed by atoms with E-state index in [2.05, 4.69) is 32.2 Å². The Morgan fingerprint density at radius 2 is 1.71 bits per heavy atom. The molecule has 3 aromatic rings. The van der Waals surface area contributed by atoms with Gasteiger partial charge in [-0.05, 0) is 76.4 Å². The zero-order valence-corrected chi connectivity index (χ0v) is 23.9. The molecule has 0 spiro atoms. The van der Waals surface area contributed by atoms with Gasteiger partial charge in [0.2, 0.25) is 16.0 Å². The van der Waals surface area contributed by atoms with E-state index >= 15 is 4.39 Å². The molecule has 2 saturated heterocycles. The van der Waals surface area contributed by atoms with Crippen molar-refractivity contribution in [2.75, 3.05) is 44.8 Å². The molecule has 222 valence electrons. The van der Waals surface area contributed by atoms with Gasteiger partial charge in [-0.25, -0.2) is 32.1 Å². The van der Waals surface area contributed by atoms with Crippen molar-refractivity contribution < 1.29 is 26.0 Å². The smallest absolute Gasteiger partial charge is 0.351 e. The van der Waals surface area contributed by atoms with Gasteiger partial charge in [-0.1, -0.05) is 6.07 Å². The maximum absolute atomic E-state index is 15.3. The Hall–Kier alpha value is -3.10. The molecule has 2 aliphatic heterocycles. The number of sulfonamides is 1. The summed E-state index contributed by atoms with van der Waals surface area (Å²) in [6, 6.07) is 4.81. The number of piperidine rings is 2. The quantitative estimate of drug-likeness (QED) is 0.421. The van der Waals surface area contributed by atoms with E-state index in [1.807, 2.05) is 6.07 Å². The second kappa shape index (κ2) is 11.3. The normalized spacial score (nSPS) is 18.6. The maximum Gasteiger partial charge on any atom is 0.420 e. The summed E-state index contributed by atoms with van der Waals surface area (Å²) in [6.07, 6.45) is 1.24. The van der Waals surface area contributed by atoms with Gasteiger partial charge in [-0.15, -0.1) is 0 Å². The highest BCUT2D eigenvalue weighted by atomic mass is 32.2. The summed E-state index contributed by atoms with van der Waals surface area (Å²) in [5.74, 6) is 0.0658. The van der Waals surface area contributed by atoms with Crippen LogP contribution in [0, 0.1) is 12.7 Å². The molecule has 2 aromatic heterocycles. The lowest BCUT2D eigenvalue weighted by Crippen LogP contribution is -2.42. The number of aryl methyl sites for hydroxylation is 1. The van der Waals surface area contributed by atoms with E-state index in [1.165, 1.54) is 21.1 Å². The van der Waals surface area contributed by atoms with Crippen molar-refractivity contribution >= 4 is 16.0 Å². The number of benzene rings is 1. The van der Waals surface area contributed by atoms with Crippen LogP contribution in [0.3, 0.4) is 0 Å². The van der Waals surface area contributed by atoms with E-state index in [9.17, 15) is 21.6 Å². The third-order valence-electron chi connectivity index (χ3n) is 7.90. The monoisotopic (exact) mass is 595 g/mol. The predicted octanol–water partition coefficient (Wildman–Crippen LogP) is 4.44. The highest BCUT2D eigenvalue weighted by Gasteiger charge is 2.37. The Morgan fingerprint density at radius 3 is 2.32 bits per heavy atom. The summed E-state index contributed by atoms with van der Waals surface area (Å²) >= 11 is 0. The average molecular weight is 596 g/mol. The first-order chi connectivity index (χ1) is 19.3. The number of rotatable bonds is 6. The summed E-state index contributed by atoms with van der Waals surface area (Å²) in [5.41, 5.74) is -0.445. The lowest BCUT2D eigenvalue weighted by molar-refractivity contribution is -0.137. The van der Waals surface area contributed by atoms with Crippen molar-refractivity contribution in [3.63, 3.8) is 0 Å². The van der Waals surface area contributed by atoms with Crippen LogP contribution in [0.1, 0.15) is 48.6 Å². The highest BCUT2D eigenvalue weighted by Crippen LogP contribution is 2.37. The lowest BCUT2D eigenvalue weighted by Gasteiger charge is -2.30. The molecule has 14 heteroatoms. The molecular formula is C27H33F4N7O2S. The van der Waals surface area contributed by atoms with E-state index in [4.69, 9.17) is 0 Å². The third-order valence-corrected chi connectivity index (χ3v) is 9.20. The van der Waals surface area contributed by atoms with Crippen LogP contribution in [0.2, 0.25) is 0 Å². The topological polar surface area (TPSA) is 96.2 Å². The number of hydrogen-bond acceptors (Lipinski definition) is 7. The summed E-state index contributed by atoms with van der Waals surface area (Å²) < 4.78 is 83.6. The van der Waals surface area contributed by atoms with Crippen LogP contribution in [-0.2, 0) is 16.2 Å². The molecular weight excluding hydrogens is 562 g/mol. The molecule has 1 N–H and O–H groups in total. The fourth-order valence-corrected chi connectivity index (χ4v) is 6.39. The van der Waals surface area contributed by atoms with Crippen molar-refractivity contribution in [1.82, 2.24) is 28.7 Å². The standard InChI is InChI=1S/C27H33F4N7O2S/c1-17-33-23(16-38(17)24-5-4-19(14-22(24)28)18-6-10-36(2)11-7-18)25-21(27(29,30)31)15-32-26(35-25)34-20-8-12-37(13-9-20)41(3,39)40/h4-5,14-16,18,20H,6-13H2,1-3H3,(H,32,34,35). The molecule has 0 saturated carbocycles. The van der Waals surface area contributed by atoms with Gasteiger partial charge in [0.1, 0.15) is 28.6 Å². The van der Waals surface area contributed by atoms with Gasteiger partial charge in [0, 0.05) is 31.5 Å². The minimum Gasteiger partial charge on any atom is -0.351 e. The molecule has 41 heavy (non-hydrogen) atoms. The molecule has 9 nitrogen and oxygen atoms in total. The number of halogens is 4. The highest BCUT2D eigenvalue weighted by molar-refractivity contribution is 7.88. The van der Waals surface area contributed by atoms with Gasteiger partial charge in [0.25, 0.3) is 0 Å². The molecule has 0 aliphatic carbocycles. The predicted molar refractivity (Wildman–Crippen MR) is 147 cm³/mol. The third kappa shape index (κ3) is 6.54. The largest absolute Gasteiger partial charge is 0.420 e. The first-order valence-electron chi connectivity index (χ1n) is 13.5. The first kappa shape index (κ1) is 29.4. The number of anilines is 1. The average Bonchev–Trinajstić information content (AvgIpc) is 3.29. The SMILES string of the molecule is Cc1nc(-c2nc(NC3CCN(S(C)(=O)=O)CC3)ncc2C(F)(F)F)cn1-c1ccc(C2CCN(C)CC2)cc1F. The van der Waals surface area contributed by atoms with Gasteiger partial charge in [-0.3, -0.25) is 0 Å². The zero-order chi connectivity index (χ0) is 29.5. The van der Waals surface area contributed by atoms with Crippen LogP contribution >= 0.6 is 0 Å². The van der Waals surface area contributed by atoms with Gasteiger partial charge < -0.3 is 14.8 Å². The van der Waals surface area contributed by atoms with Gasteiger partial charge in [0.15, 0.2) is 0 Å². The molecule has 0 radical (unpaired) electrons. The van der Waals surface area contributed by atoms with Gasteiger partial charge in [-0.2, -0.15) is 13.2 Å². The molecule has 5 rings (SSSR count). The van der Waals surface area contributed by atoms with Crippen molar-refractivity contribution in [3.05, 3.63) is 53.4 Å². The van der Waals surface area contributed by atoms with Crippen LogP contribution in [0.25, 0.3) is 17.1 Å². The minimum absolute atomic E-state index is 0.0216. The number of alkyl halides is 3. The Morgan fingerprint density at radius 1 is 1.02 bits per heavy atom. The molecule has 0 bridgehead atoms. The van der Waals surface area contributed by atoms with Crippen LogP contribution in [0.5, 0.6) is 0 Å². The molecule has 0 atom stereocenters. The zero-order valence-electron chi connectivity index (χ0n) is 23.1. The van der Waals surface area contributed by atoms with Crippen LogP contribution in [-0.4, -0.2) is 82.7 Å². The van der Waals surface area contributed by atoms with Crippen molar-refractivity contribution in [3.8, 4) is 17.1 Å². The number of nitrogens with one attached hydrogen (secondary N) is 1. The van der Waals surface area contributed by atoms with Crippen LogP contribution < -0.4 is 5.32 Å². The van der Waals surface area contributed by atoms with Crippen molar-refractivity contribution in [1.29, 1.82) is 0 Å². The Balaban J connectivity index is 1.41. The summed E-state index contributed by atoms with van der Waals surface area (Å²) in [5, 5.41) is 3.04. The van der Waals surface area contributed by atoms with E-state index in [1.54, 1.807) is 13.0 Å². The van der Waals surface area contributed by atoms with Gasteiger partial charge >= 0.3 is 6.18 Å². The Kier molecular flexibility index (Phi) is 8.09. The molecule has 4 heterocycles. The maximum atomic E-state index is 15.3. The number of likely N-dealkylation sites (tertiary alicyclic amines) is 1. The number of aromatic nitrogens is 4. The van der Waals surface area contributed by atoms with Crippen LogP contribution in [0.4, 0.5) is 23.5 Å². The molecule has 2 fully saturated rings. The summed E-state index contributed by atoms with van der Waals surface area (Å²) in [7, 11) is -1.25.